The molecule has 3 fully saturated rings. The summed E-state index contributed by atoms with van der Waals surface area (Å²) in [6.07, 6.45) is 8.32. The van der Waals surface area contributed by atoms with E-state index in [-0.39, 0.29) is 12.0 Å². The summed E-state index contributed by atoms with van der Waals surface area (Å²) in [5.74, 6) is 0.708. The number of ether oxygens (including phenoxy) is 1. The van der Waals surface area contributed by atoms with Crippen LogP contribution >= 0.6 is 0 Å². The highest BCUT2D eigenvalue weighted by atomic mass is 16.5. The second-order valence-electron chi connectivity index (χ2n) is 6.51. The fraction of sp³-hybridized carbons (Fsp3) is 0.812. The highest BCUT2D eigenvalue weighted by molar-refractivity contribution is 5.88. The van der Waals surface area contributed by atoms with Crippen molar-refractivity contribution < 1.29 is 9.53 Å². The maximum Gasteiger partial charge on any atom is 0.244 e. The van der Waals surface area contributed by atoms with Crippen molar-refractivity contribution in [3.8, 4) is 0 Å². The van der Waals surface area contributed by atoms with Crippen LogP contribution in [0.1, 0.15) is 39.0 Å². The summed E-state index contributed by atoms with van der Waals surface area (Å²) in [5, 5.41) is 2.99. The third-order valence-electron chi connectivity index (χ3n) is 4.80. The molecule has 2 aliphatic heterocycles. The number of fused-ring (bicyclic) bond motifs is 1. The molecule has 0 radical (unpaired) electrons. The number of carbonyl (C=O) groups is 1. The lowest BCUT2D eigenvalue weighted by Gasteiger charge is -2.42. The summed E-state index contributed by atoms with van der Waals surface area (Å²) in [5.41, 5.74) is 1.23. The summed E-state index contributed by atoms with van der Waals surface area (Å²) >= 11 is 0. The molecule has 0 aromatic carbocycles. The van der Waals surface area contributed by atoms with E-state index in [9.17, 15) is 4.79 Å². The molecule has 2 saturated heterocycles. The molecular formula is C16H26N2O2. The van der Waals surface area contributed by atoms with Crippen LogP contribution in [-0.2, 0) is 9.53 Å². The molecule has 2 heterocycles. The van der Waals surface area contributed by atoms with Gasteiger partial charge in [0, 0.05) is 25.2 Å². The van der Waals surface area contributed by atoms with Crippen LogP contribution in [0.15, 0.2) is 11.6 Å². The number of nitrogens with zero attached hydrogens (tertiary/aromatic N) is 1. The number of nitrogens with one attached hydrogen (secondary N) is 1. The molecule has 1 N–H and O–H groups in total. The van der Waals surface area contributed by atoms with Gasteiger partial charge in [0.2, 0.25) is 5.91 Å². The minimum Gasteiger partial charge on any atom is -0.373 e. The Morgan fingerprint density at radius 3 is 3.00 bits per heavy atom. The van der Waals surface area contributed by atoms with Crippen molar-refractivity contribution in [3.63, 3.8) is 0 Å². The zero-order valence-corrected chi connectivity index (χ0v) is 12.4. The Hall–Kier alpha value is -0.870. The van der Waals surface area contributed by atoms with Crippen LogP contribution in [0.3, 0.4) is 0 Å². The van der Waals surface area contributed by atoms with E-state index >= 15 is 0 Å². The van der Waals surface area contributed by atoms with Crippen molar-refractivity contribution in [3.05, 3.63) is 11.6 Å². The molecule has 4 heteroatoms. The van der Waals surface area contributed by atoms with Gasteiger partial charge in [-0.3, -0.25) is 9.69 Å². The lowest BCUT2D eigenvalue weighted by atomic mass is 10.0. The van der Waals surface area contributed by atoms with Crippen LogP contribution in [0, 0.1) is 5.92 Å². The molecule has 0 unspecified atom stereocenters. The van der Waals surface area contributed by atoms with Crippen molar-refractivity contribution in [2.75, 3.05) is 26.2 Å². The SMILES string of the molecule is C/C(=C\C(=O)NC[C@@H]1CN2CCCC[C@@H]2CO1)C1CC1. The van der Waals surface area contributed by atoms with E-state index in [1.165, 1.54) is 44.2 Å². The Labute approximate surface area is 121 Å². The Bertz CT molecular complexity index is 390. The van der Waals surface area contributed by atoms with Crippen molar-refractivity contribution in [1.82, 2.24) is 10.2 Å². The fourth-order valence-electron chi connectivity index (χ4n) is 3.30. The standard InChI is InChI=1S/C16H26N2O2/c1-12(13-5-6-13)8-16(19)17-9-15-10-18-7-3-2-4-14(18)11-20-15/h8,13-15H,2-7,9-11H2,1H3,(H,17,19)/b12-8+/t14-,15-/m1/s1. The average Bonchev–Trinajstić information content (AvgIpc) is 3.29. The van der Waals surface area contributed by atoms with Crippen LogP contribution in [0.5, 0.6) is 0 Å². The Kier molecular flexibility index (Phi) is 4.41. The van der Waals surface area contributed by atoms with Gasteiger partial charge in [0.1, 0.15) is 0 Å². The van der Waals surface area contributed by atoms with Crippen molar-refractivity contribution in [2.24, 2.45) is 5.92 Å². The molecule has 2 atom stereocenters. The first kappa shape index (κ1) is 14.1. The monoisotopic (exact) mass is 278 g/mol. The quantitative estimate of drug-likeness (QED) is 0.796. The van der Waals surface area contributed by atoms with Gasteiger partial charge in [-0.2, -0.15) is 0 Å². The molecule has 20 heavy (non-hydrogen) atoms. The number of amides is 1. The molecule has 1 amide bonds. The largest absolute Gasteiger partial charge is 0.373 e. The van der Waals surface area contributed by atoms with Crippen LogP contribution in [-0.4, -0.2) is 49.2 Å². The van der Waals surface area contributed by atoms with Gasteiger partial charge in [0.05, 0.1) is 12.7 Å². The zero-order chi connectivity index (χ0) is 13.9. The summed E-state index contributed by atoms with van der Waals surface area (Å²) in [6, 6.07) is 0.618. The molecule has 0 bridgehead atoms. The number of allylic oxidation sites excluding steroid dienone is 1. The van der Waals surface area contributed by atoms with Crippen LogP contribution < -0.4 is 5.32 Å². The Balaban J connectivity index is 1.42. The topological polar surface area (TPSA) is 41.6 Å². The number of morpholine rings is 1. The molecule has 0 aromatic heterocycles. The number of carbonyl (C=O) groups excluding carboxylic acids is 1. The molecule has 4 nitrogen and oxygen atoms in total. The summed E-state index contributed by atoms with van der Waals surface area (Å²) in [6.45, 7) is 5.69. The maximum atomic E-state index is 11.9. The smallest absolute Gasteiger partial charge is 0.244 e. The molecule has 0 spiro atoms. The first-order valence-corrected chi connectivity index (χ1v) is 8.04. The number of rotatable bonds is 4. The maximum absolute atomic E-state index is 11.9. The van der Waals surface area contributed by atoms with Gasteiger partial charge in [0.25, 0.3) is 0 Å². The first-order chi connectivity index (χ1) is 9.72. The second kappa shape index (κ2) is 6.27. The lowest BCUT2D eigenvalue weighted by Crippen LogP contribution is -2.54. The lowest BCUT2D eigenvalue weighted by molar-refractivity contribution is -0.118. The van der Waals surface area contributed by atoms with Crippen molar-refractivity contribution in [2.45, 2.75) is 51.2 Å². The molecule has 1 saturated carbocycles. The average molecular weight is 278 g/mol. The van der Waals surface area contributed by atoms with Gasteiger partial charge in [-0.15, -0.1) is 0 Å². The van der Waals surface area contributed by atoms with E-state index in [1.54, 1.807) is 6.08 Å². The molecule has 3 rings (SSSR count). The van der Waals surface area contributed by atoms with Gasteiger partial charge >= 0.3 is 0 Å². The number of hydrogen-bond acceptors (Lipinski definition) is 3. The van der Waals surface area contributed by atoms with Crippen molar-refractivity contribution in [1.29, 1.82) is 0 Å². The Morgan fingerprint density at radius 2 is 2.20 bits per heavy atom. The van der Waals surface area contributed by atoms with E-state index in [2.05, 4.69) is 17.1 Å². The highest BCUT2D eigenvalue weighted by Gasteiger charge is 2.30. The predicted octanol–water partition coefficient (Wildman–Crippen LogP) is 1.71. The van der Waals surface area contributed by atoms with Crippen LogP contribution in [0.25, 0.3) is 0 Å². The van der Waals surface area contributed by atoms with Crippen LogP contribution in [0.4, 0.5) is 0 Å². The van der Waals surface area contributed by atoms with Gasteiger partial charge in [-0.1, -0.05) is 12.0 Å². The van der Waals surface area contributed by atoms with Crippen molar-refractivity contribution >= 4 is 5.91 Å². The number of piperidine rings is 1. The highest BCUT2D eigenvalue weighted by Crippen LogP contribution is 2.35. The van der Waals surface area contributed by atoms with Gasteiger partial charge in [0.15, 0.2) is 0 Å². The molecule has 0 aromatic rings. The number of hydrogen-bond donors (Lipinski definition) is 1. The molecule has 112 valence electrons. The fourth-order valence-corrected chi connectivity index (χ4v) is 3.30. The van der Waals surface area contributed by atoms with Gasteiger partial charge in [-0.05, 0) is 45.1 Å². The molecule has 3 aliphatic rings. The minimum absolute atomic E-state index is 0.0405. The molecule has 1 aliphatic carbocycles. The van der Waals surface area contributed by atoms with E-state index in [1.807, 2.05) is 0 Å². The van der Waals surface area contributed by atoms with Crippen LogP contribution in [0.2, 0.25) is 0 Å². The van der Waals surface area contributed by atoms with E-state index in [4.69, 9.17) is 4.74 Å². The third-order valence-corrected chi connectivity index (χ3v) is 4.80. The Morgan fingerprint density at radius 1 is 1.35 bits per heavy atom. The second-order valence-corrected chi connectivity index (χ2v) is 6.51. The summed E-state index contributed by atoms with van der Waals surface area (Å²) in [7, 11) is 0. The predicted molar refractivity (Wildman–Crippen MR) is 78.4 cm³/mol. The summed E-state index contributed by atoms with van der Waals surface area (Å²) < 4.78 is 5.89. The van der Waals surface area contributed by atoms with E-state index < -0.39 is 0 Å². The first-order valence-electron chi connectivity index (χ1n) is 8.04. The zero-order valence-electron chi connectivity index (χ0n) is 12.4. The normalized spacial score (nSPS) is 31.8. The van der Waals surface area contributed by atoms with Gasteiger partial charge in [-0.25, -0.2) is 0 Å². The minimum atomic E-state index is 0.0405. The third kappa shape index (κ3) is 3.61. The summed E-state index contributed by atoms with van der Waals surface area (Å²) in [4.78, 5) is 14.4. The van der Waals surface area contributed by atoms with Gasteiger partial charge < -0.3 is 10.1 Å². The molecular weight excluding hydrogens is 252 g/mol. The van der Waals surface area contributed by atoms with E-state index in [0.29, 0.717) is 18.5 Å². The van der Waals surface area contributed by atoms with E-state index in [0.717, 1.165) is 13.2 Å².